The summed E-state index contributed by atoms with van der Waals surface area (Å²) in [6, 6.07) is 19.9. The maximum atomic E-state index is 12.0. The molecule has 1 unspecified atom stereocenters. The molecule has 0 fully saturated rings. The van der Waals surface area contributed by atoms with Crippen LogP contribution in [0.1, 0.15) is 54.5 Å². The Labute approximate surface area is 194 Å². The molecule has 0 radical (unpaired) electrons. The van der Waals surface area contributed by atoms with Crippen molar-refractivity contribution >= 4 is 16.9 Å². The van der Waals surface area contributed by atoms with Gasteiger partial charge in [-0.15, -0.1) is 0 Å². The highest BCUT2D eigenvalue weighted by Gasteiger charge is 2.12. The van der Waals surface area contributed by atoms with Crippen LogP contribution < -0.4 is 10.1 Å². The van der Waals surface area contributed by atoms with Crippen LogP contribution in [0.25, 0.3) is 11.0 Å². The molecular formula is C27H31N3O3. The van der Waals surface area contributed by atoms with Gasteiger partial charge in [0.25, 0.3) is 5.91 Å². The van der Waals surface area contributed by atoms with Crippen molar-refractivity contribution in [2.75, 3.05) is 13.2 Å². The van der Waals surface area contributed by atoms with E-state index in [9.17, 15) is 4.79 Å². The first-order chi connectivity index (χ1) is 16.2. The first kappa shape index (κ1) is 22.6. The minimum Gasteiger partial charge on any atom is -0.492 e. The number of carbonyl (C=O) groups excluding carboxylic acids is 1. The van der Waals surface area contributed by atoms with E-state index in [0.717, 1.165) is 41.9 Å². The molecule has 1 atom stereocenters. The van der Waals surface area contributed by atoms with Crippen molar-refractivity contribution in [3.8, 4) is 5.75 Å². The third kappa shape index (κ3) is 5.64. The van der Waals surface area contributed by atoms with Crippen molar-refractivity contribution < 1.29 is 13.9 Å². The summed E-state index contributed by atoms with van der Waals surface area (Å²) in [6.07, 6.45) is 4.17. The van der Waals surface area contributed by atoms with Gasteiger partial charge in [-0.1, -0.05) is 38.1 Å². The van der Waals surface area contributed by atoms with Gasteiger partial charge in [0, 0.05) is 13.0 Å². The van der Waals surface area contributed by atoms with Gasteiger partial charge < -0.3 is 19.0 Å². The largest absolute Gasteiger partial charge is 0.492 e. The van der Waals surface area contributed by atoms with Gasteiger partial charge in [-0.25, -0.2) is 4.98 Å². The number of hydrogen-bond donors (Lipinski definition) is 1. The third-order valence-electron chi connectivity index (χ3n) is 5.99. The fourth-order valence-corrected chi connectivity index (χ4v) is 3.89. The monoisotopic (exact) mass is 445 g/mol. The minimum absolute atomic E-state index is 0.193. The number of para-hydroxylation sites is 2. The number of furan rings is 1. The van der Waals surface area contributed by atoms with Crippen molar-refractivity contribution in [2.24, 2.45) is 0 Å². The Kier molecular flexibility index (Phi) is 7.45. The second-order valence-electron chi connectivity index (χ2n) is 8.23. The predicted octanol–water partition coefficient (Wildman–Crippen LogP) is 5.58. The third-order valence-corrected chi connectivity index (χ3v) is 5.99. The van der Waals surface area contributed by atoms with E-state index >= 15 is 0 Å². The highest BCUT2D eigenvalue weighted by Crippen LogP contribution is 2.22. The summed E-state index contributed by atoms with van der Waals surface area (Å²) in [5.74, 6) is 2.58. The van der Waals surface area contributed by atoms with Crippen LogP contribution in [0.5, 0.6) is 5.75 Å². The molecule has 2 heterocycles. The summed E-state index contributed by atoms with van der Waals surface area (Å²) in [6.45, 7) is 6.27. The Bertz CT molecular complexity index is 1160. The van der Waals surface area contributed by atoms with Crippen LogP contribution in [0, 0.1) is 0 Å². The standard InChI is InChI=1S/C27H31N3O3/c1-3-20(2)21-12-14-22(15-13-21)32-19-17-30-24-9-5-4-8-23(24)29-26(30)11-6-16-28-27(31)25-10-7-18-33-25/h4-5,7-10,12-15,18,20H,3,6,11,16-17,19H2,1-2H3,(H,28,31). The summed E-state index contributed by atoms with van der Waals surface area (Å²) in [4.78, 5) is 16.9. The van der Waals surface area contributed by atoms with Crippen LogP contribution in [-0.2, 0) is 13.0 Å². The average Bonchev–Trinajstić information content (AvgIpc) is 3.50. The van der Waals surface area contributed by atoms with Crippen LogP contribution in [0.3, 0.4) is 0 Å². The Morgan fingerprint density at radius 2 is 1.94 bits per heavy atom. The van der Waals surface area contributed by atoms with E-state index in [1.54, 1.807) is 12.1 Å². The molecule has 0 aliphatic rings. The lowest BCUT2D eigenvalue weighted by atomic mass is 9.99. The minimum atomic E-state index is -0.193. The van der Waals surface area contributed by atoms with Gasteiger partial charge in [0.15, 0.2) is 5.76 Å². The zero-order valence-electron chi connectivity index (χ0n) is 19.3. The molecule has 1 N–H and O–H groups in total. The number of imidazole rings is 1. The molecule has 2 aromatic heterocycles. The molecule has 6 nitrogen and oxygen atoms in total. The summed E-state index contributed by atoms with van der Waals surface area (Å²) in [5.41, 5.74) is 3.42. The summed E-state index contributed by atoms with van der Waals surface area (Å²) in [5, 5.41) is 2.90. The van der Waals surface area contributed by atoms with Gasteiger partial charge in [0.2, 0.25) is 0 Å². The number of nitrogens with one attached hydrogen (secondary N) is 1. The van der Waals surface area contributed by atoms with E-state index in [-0.39, 0.29) is 5.91 Å². The summed E-state index contributed by atoms with van der Waals surface area (Å²) >= 11 is 0. The Balaban J connectivity index is 1.35. The topological polar surface area (TPSA) is 69.3 Å². The Morgan fingerprint density at radius 1 is 1.12 bits per heavy atom. The van der Waals surface area contributed by atoms with Crippen LogP contribution in [0.2, 0.25) is 0 Å². The number of amides is 1. The number of carbonyl (C=O) groups is 1. The van der Waals surface area contributed by atoms with Crippen LogP contribution in [0.15, 0.2) is 71.3 Å². The molecule has 172 valence electrons. The molecule has 0 saturated heterocycles. The van der Waals surface area contributed by atoms with E-state index < -0.39 is 0 Å². The van der Waals surface area contributed by atoms with Gasteiger partial charge in [0.1, 0.15) is 18.2 Å². The maximum Gasteiger partial charge on any atom is 0.286 e. The van der Waals surface area contributed by atoms with Crippen molar-refractivity contribution in [1.82, 2.24) is 14.9 Å². The average molecular weight is 446 g/mol. The number of hydrogen-bond acceptors (Lipinski definition) is 4. The van der Waals surface area contributed by atoms with Crippen molar-refractivity contribution in [3.05, 3.63) is 84.1 Å². The first-order valence-corrected chi connectivity index (χ1v) is 11.6. The molecule has 6 heteroatoms. The SMILES string of the molecule is CCC(C)c1ccc(OCCn2c(CCCNC(=O)c3ccco3)nc3ccccc32)cc1. The molecule has 0 saturated carbocycles. The van der Waals surface area contributed by atoms with Gasteiger partial charge in [-0.05, 0) is 60.7 Å². The number of ether oxygens (including phenoxy) is 1. The Hall–Kier alpha value is -3.54. The lowest BCUT2D eigenvalue weighted by molar-refractivity contribution is 0.0925. The van der Waals surface area contributed by atoms with E-state index in [0.29, 0.717) is 31.4 Å². The molecule has 0 aliphatic heterocycles. The summed E-state index contributed by atoms with van der Waals surface area (Å²) in [7, 11) is 0. The lowest BCUT2D eigenvalue weighted by Crippen LogP contribution is -2.24. The number of aryl methyl sites for hydroxylation is 1. The van der Waals surface area contributed by atoms with Gasteiger partial charge in [-0.2, -0.15) is 0 Å². The number of rotatable bonds is 11. The fourth-order valence-electron chi connectivity index (χ4n) is 3.89. The van der Waals surface area contributed by atoms with Crippen molar-refractivity contribution in [1.29, 1.82) is 0 Å². The molecule has 0 spiro atoms. The van der Waals surface area contributed by atoms with E-state index in [4.69, 9.17) is 14.1 Å². The van der Waals surface area contributed by atoms with E-state index in [2.05, 4.69) is 54.1 Å². The predicted molar refractivity (Wildman–Crippen MR) is 130 cm³/mol. The first-order valence-electron chi connectivity index (χ1n) is 11.6. The molecule has 2 aromatic carbocycles. The Morgan fingerprint density at radius 3 is 2.70 bits per heavy atom. The number of fused-ring (bicyclic) bond motifs is 1. The summed E-state index contributed by atoms with van der Waals surface area (Å²) < 4.78 is 13.4. The van der Waals surface area contributed by atoms with E-state index in [1.807, 2.05) is 18.2 Å². The van der Waals surface area contributed by atoms with E-state index in [1.165, 1.54) is 11.8 Å². The highest BCUT2D eigenvalue weighted by molar-refractivity contribution is 5.91. The van der Waals surface area contributed by atoms with Crippen LogP contribution in [0.4, 0.5) is 0 Å². The normalized spacial score (nSPS) is 12.1. The van der Waals surface area contributed by atoms with Gasteiger partial charge >= 0.3 is 0 Å². The zero-order valence-corrected chi connectivity index (χ0v) is 19.3. The van der Waals surface area contributed by atoms with Crippen molar-refractivity contribution in [3.63, 3.8) is 0 Å². The fraction of sp³-hybridized carbons (Fsp3) is 0.333. The molecule has 0 bridgehead atoms. The molecule has 0 aliphatic carbocycles. The second-order valence-corrected chi connectivity index (χ2v) is 8.23. The molecule has 1 amide bonds. The van der Waals surface area contributed by atoms with Crippen LogP contribution >= 0.6 is 0 Å². The highest BCUT2D eigenvalue weighted by atomic mass is 16.5. The van der Waals surface area contributed by atoms with Gasteiger partial charge in [-0.3, -0.25) is 4.79 Å². The molecule has 4 aromatic rings. The zero-order chi connectivity index (χ0) is 23.0. The van der Waals surface area contributed by atoms with Crippen molar-refractivity contribution in [2.45, 2.75) is 45.6 Å². The van der Waals surface area contributed by atoms with Crippen LogP contribution in [-0.4, -0.2) is 28.6 Å². The number of benzene rings is 2. The number of aromatic nitrogens is 2. The smallest absolute Gasteiger partial charge is 0.286 e. The number of nitrogens with zero attached hydrogens (tertiary/aromatic N) is 2. The quantitative estimate of drug-likeness (QED) is 0.306. The lowest BCUT2D eigenvalue weighted by Gasteiger charge is -2.13. The molecule has 4 rings (SSSR count). The maximum absolute atomic E-state index is 12.0. The second kappa shape index (κ2) is 10.9. The molecule has 33 heavy (non-hydrogen) atoms. The van der Waals surface area contributed by atoms with Gasteiger partial charge in [0.05, 0.1) is 23.8 Å². The molecular weight excluding hydrogens is 414 g/mol.